The van der Waals surface area contributed by atoms with Gasteiger partial charge in [0.1, 0.15) is 5.75 Å². The van der Waals surface area contributed by atoms with E-state index in [0.717, 1.165) is 11.3 Å². The van der Waals surface area contributed by atoms with Crippen LogP contribution >= 0.6 is 23.2 Å². The number of hydrogen-bond donors (Lipinski definition) is 1. The second-order valence-corrected chi connectivity index (χ2v) is 10.3. The lowest BCUT2D eigenvalue weighted by Gasteiger charge is -2.31. The first kappa shape index (κ1) is 23.9. The Morgan fingerprint density at radius 3 is 2.77 bits per heavy atom. The molecule has 0 radical (unpaired) electrons. The van der Waals surface area contributed by atoms with E-state index in [2.05, 4.69) is 5.32 Å². The highest BCUT2D eigenvalue weighted by Gasteiger charge is 2.32. The van der Waals surface area contributed by atoms with Gasteiger partial charge < -0.3 is 10.1 Å². The molecular formula is C22H26Cl2N2O4S. The first-order valence-electron chi connectivity index (χ1n) is 10.2. The van der Waals surface area contributed by atoms with Crippen molar-refractivity contribution < 1.29 is 17.9 Å². The Bertz CT molecular complexity index is 1030. The van der Waals surface area contributed by atoms with Crippen LogP contribution in [0, 0.1) is 5.92 Å². The summed E-state index contributed by atoms with van der Waals surface area (Å²) in [7, 11) is -3.61. The van der Waals surface area contributed by atoms with Gasteiger partial charge in [-0.1, -0.05) is 41.4 Å². The van der Waals surface area contributed by atoms with Crippen LogP contribution in [0.2, 0.25) is 10.0 Å². The third kappa shape index (κ3) is 6.59. The molecule has 1 N–H and O–H groups in total. The number of rotatable bonds is 8. The number of halogens is 2. The van der Waals surface area contributed by atoms with Crippen molar-refractivity contribution in [2.24, 2.45) is 5.92 Å². The lowest BCUT2D eigenvalue weighted by molar-refractivity contribution is -0.126. The van der Waals surface area contributed by atoms with E-state index in [4.69, 9.17) is 27.9 Å². The fraction of sp³-hybridized carbons (Fsp3) is 0.409. The minimum atomic E-state index is -3.61. The van der Waals surface area contributed by atoms with Crippen molar-refractivity contribution in [2.45, 2.75) is 32.1 Å². The molecular weight excluding hydrogens is 459 g/mol. The monoisotopic (exact) mass is 484 g/mol. The Balaban J connectivity index is 1.60. The van der Waals surface area contributed by atoms with E-state index in [1.807, 2.05) is 31.2 Å². The van der Waals surface area contributed by atoms with Gasteiger partial charge in [-0.05, 0) is 55.2 Å². The third-order valence-corrected chi connectivity index (χ3v) is 7.56. The largest absolute Gasteiger partial charge is 0.494 e. The number of ether oxygens (including phenoxy) is 1. The molecule has 2 aromatic rings. The molecule has 0 aromatic heterocycles. The summed E-state index contributed by atoms with van der Waals surface area (Å²) in [4.78, 5) is 12.7. The van der Waals surface area contributed by atoms with Gasteiger partial charge in [-0.15, -0.1) is 0 Å². The highest BCUT2D eigenvalue weighted by Crippen LogP contribution is 2.26. The van der Waals surface area contributed by atoms with Gasteiger partial charge in [0.2, 0.25) is 15.9 Å². The van der Waals surface area contributed by atoms with Crippen molar-refractivity contribution in [1.29, 1.82) is 0 Å². The van der Waals surface area contributed by atoms with Crippen LogP contribution in [-0.2, 0) is 27.1 Å². The molecule has 1 atom stereocenters. The number of carbonyl (C=O) groups excluding carboxylic acids is 1. The lowest BCUT2D eigenvalue weighted by atomic mass is 9.99. The van der Waals surface area contributed by atoms with Gasteiger partial charge in [-0.3, -0.25) is 4.79 Å². The van der Waals surface area contributed by atoms with E-state index in [1.54, 1.807) is 12.1 Å². The Morgan fingerprint density at radius 1 is 1.23 bits per heavy atom. The van der Waals surface area contributed by atoms with Gasteiger partial charge >= 0.3 is 0 Å². The van der Waals surface area contributed by atoms with Gasteiger partial charge in [0.05, 0.1) is 18.3 Å². The van der Waals surface area contributed by atoms with Crippen LogP contribution in [0.25, 0.3) is 0 Å². The number of sulfonamides is 1. The first-order valence-corrected chi connectivity index (χ1v) is 12.6. The number of hydrogen-bond acceptors (Lipinski definition) is 4. The molecule has 0 spiro atoms. The van der Waals surface area contributed by atoms with E-state index in [-0.39, 0.29) is 24.1 Å². The fourth-order valence-corrected chi connectivity index (χ4v) is 5.78. The molecule has 1 saturated heterocycles. The summed E-state index contributed by atoms with van der Waals surface area (Å²) in [5.74, 6) is -0.00255. The molecule has 9 heteroatoms. The minimum Gasteiger partial charge on any atom is -0.494 e. The first-order chi connectivity index (χ1) is 14.8. The molecule has 6 nitrogen and oxygen atoms in total. The lowest BCUT2D eigenvalue weighted by Crippen LogP contribution is -2.45. The standard InChI is InChI=1S/C22H26Cl2N2O4S/c1-2-30-20-7-3-5-16(11-20)13-25-22(27)17-6-4-10-26(14-17)31(28,29)15-18-8-9-19(23)12-21(18)24/h3,5,7-9,11-12,17H,2,4,6,10,13-15H2,1H3,(H,25,27)/t17-/m0/s1. The van der Waals surface area contributed by atoms with Gasteiger partial charge in [0, 0.05) is 29.7 Å². The predicted octanol–water partition coefficient (Wildman–Crippen LogP) is 4.25. The molecule has 0 unspecified atom stereocenters. The Labute approximate surface area is 193 Å². The van der Waals surface area contributed by atoms with Crippen LogP contribution in [0.15, 0.2) is 42.5 Å². The average Bonchev–Trinajstić information content (AvgIpc) is 2.75. The molecule has 0 saturated carbocycles. The summed E-state index contributed by atoms with van der Waals surface area (Å²) in [6, 6.07) is 12.3. The molecule has 31 heavy (non-hydrogen) atoms. The summed E-state index contributed by atoms with van der Waals surface area (Å²) in [6.07, 6.45) is 1.28. The van der Waals surface area contributed by atoms with E-state index in [9.17, 15) is 13.2 Å². The Morgan fingerprint density at radius 2 is 2.03 bits per heavy atom. The van der Waals surface area contributed by atoms with Crippen LogP contribution in [-0.4, -0.2) is 38.3 Å². The Hall–Kier alpha value is -1.80. The van der Waals surface area contributed by atoms with Crippen molar-refractivity contribution in [2.75, 3.05) is 19.7 Å². The molecule has 0 bridgehead atoms. The molecule has 1 aliphatic heterocycles. The third-order valence-electron chi connectivity index (χ3n) is 5.18. The second kappa shape index (κ2) is 10.7. The van der Waals surface area contributed by atoms with E-state index < -0.39 is 10.0 Å². The highest BCUT2D eigenvalue weighted by atomic mass is 35.5. The maximum atomic E-state index is 12.9. The number of nitrogens with zero attached hydrogens (tertiary/aromatic N) is 1. The van der Waals surface area contributed by atoms with Crippen LogP contribution in [0.3, 0.4) is 0 Å². The van der Waals surface area contributed by atoms with E-state index in [0.29, 0.717) is 48.1 Å². The maximum absolute atomic E-state index is 12.9. The zero-order chi connectivity index (χ0) is 22.4. The van der Waals surface area contributed by atoms with Crippen LogP contribution in [0.4, 0.5) is 0 Å². The summed E-state index contributed by atoms with van der Waals surface area (Å²) in [6.45, 7) is 3.41. The van der Waals surface area contributed by atoms with Crippen molar-refractivity contribution in [3.05, 3.63) is 63.6 Å². The second-order valence-electron chi connectivity index (χ2n) is 7.49. The molecule has 1 aliphatic rings. The maximum Gasteiger partial charge on any atom is 0.224 e. The highest BCUT2D eigenvalue weighted by molar-refractivity contribution is 7.88. The van der Waals surface area contributed by atoms with E-state index in [1.165, 1.54) is 10.4 Å². The molecule has 2 aromatic carbocycles. The smallest absolute Gasteiger partial charge is 0.224 e. The molecule has 1 amide bonds. The Kier molecular flexibility index (Phi) is 8.22. The number of amides is 1. The zero-order valence-electron chi connectivity index (χ0n) is 17.3. The normalized spacial score (nSPS) is 17.3. The molecule has 168 valence electrons. The topological polar surface area (TPSA) is 75.7 Å². The van der Waals surface area contributed by atoms with Crippen molar-refractivity contribution >= 4 is 39.1 Å². The summed E-state index contributed by atoms with van der Waals surface area (Å²) < 4.78 is 32.7. The number of benzene rings is 2. The molecule has 3 rings (SSSR count). The summed E-state index contributed by atoms with van der Waals surface area (Å²) >= 11 is 12.0. The van der Waals surface area contributed by atoms with E-state index >= 15 is 0 Å². The summed E-state index contributed by atoms with van der Waals surface area (Å²) in [5.41, 5.74) is 1.42. The fourth-order valence-electron chi connectivity index (χ4n) is 3.58. The number of piperidine rings is 1. The van der Waals surface area contributed by atoms with Gasteiger partial charge in [-0.25, -0.2) is 12.7 Å². The van der Waals surface area contributed by atoms with Crippen molar-refractivity contribution in [3.63, 3.8) is 0 Å². The number of nitrogens with one attached hydrogen (secondary N) is 1. The predicted molar refractivity (Wildman–Crippen MR) is 123 cm³/mol. The molecule has 0 aliphatic carbocycles. The molecule has 1 heterocycles. The van der Waals surface area contributed by atoms with Crippen molar-refractivity contribution in [1.82, 2.24) is 9.62 Å². The van der Waals surface area contributed by atoms with Crippen LogP contribution < -0.4 is 10.1 Å². The van der Waals surface area contributed by atoms with Crippen molar-refractivity contribution in [3.8, 4) is 5.75 Å². The molecule has 1 fully saturated rings. The quantitative estimate of drug-likeness (QED) is 0.607. The number of carbonyl (C=O) groups is 1. The minimum absolute atomic E-state index is 0.147. The zero-order valence-corrected chi connectivity index (χ0v) is 19.6. The van der Waals surface area contributed by atoms with Crippen LogP contribution in [0.5, 0.6) is 5.75 Å². The SMILES string of the molecule is CCOc1cccc(CNC(=O)[C@H]2CCCN(S(=O)(=O)Cc3ccc(Cl)cc3Cl)C2)c1. The van der Waals surface area contributed by atoms with Gasteiger partial charge in [0.15, 0.2) is 0 Å². The van der Waals surface area contributed by atoms with Gasteiger partial charge in [-0.2, -0.15) is 0 Å². The summed E-state index contributed by atoms with van der Waals surface area (Å²) in [5, 5.41) is 3.69. The van der Waals surface area contributed by atoms with Crippen LogP contribution in [0.1, 0.15) is 30.9 Å². The van der Waals surface area contributed by atoms with Gasteiger partial charge in [0.25, 0.3) is 0 Å². The average molecular weight is 485 g/mol.